The molecule has 2 aromatic rings. The number of benzene rings is 1. The molecule has 1 aromatic carbocycles. The SMILES string of the molecule is COc1ccc(NC(=O)Nc2ccc(C)n(CC(=O)N3CCCN(C)CC3)c2=O)cc1. The number of aromatic nitrogens is 1. The summed E-state index contributed by atoms with van der Waals surface area (Å²) < 4.78 is 6.49. The van der Waals surface area contributed by atoms with Gasteiger partial charge in [0.15, 0.2) is 0 Å². The van der Waals surface area contributed by atoms with Crippen LogP contribution in [0.25, 0.3) is 0 Å². The zero-order chi connectivity index (χ0) is 22.4. The van der Waals surface area contributed by atoms with Crippen molar-refractivity contribution < 1.29 is 14.3 Å². The lowest BCUT2D eigenvalue weighted by atomic mass is 10.3. The van der Waals surface area contributed by atoms with Crippen LogP contribution in [0.15, 0.2) is 41.2 Å². The van der Waals surface area contributed by atoms with Crippen molar-refractivity contribution in [3.63, 3.8) is 0 Å². The summed E-state index contributed by atoms with van der Waals surface area (Å²) in [6.07, 6.45) is 0.906. The third-order valence-corrected chi connectivity index (χ3v) is 5.35. The van der Waals surface area contributed by atoms with Gasteiger partial charge in [-0.25, -0.2) is 4.79 Å². The zero-order valence-electron chi connectivity index (χ0n) is 18.2. The number of hydrogen-bond donors (Lipinski definition) is 2. The first-order chi connectivity index (χ1) is 14.9. The molecule has 1 aliphatic heterocycles. The van der Waals surface area contributed by atoms with E-state index in [2.05, 4.69) is 15.5 Å². The van der Waals surface area contributed by atoms with Gasteiger partial charge in [-0.3, -0.25) is 9.59 Å². The van der Waals surface area contributed by atoms with Gasteiger partial charge < -0.3 is 29.7 Å². The van der Waals surface area contributed by atoms with Gasteiger partial charge in [0.2, 0.25) is 5.91 Å². The van der Waals surface area contributed by atoms with Crippen molar-refractivity contribution in [3.05, 3.63) is 52.4 Å². The van der Waals surface area contributed by atoms with Gasteiger partial charge in [-0.05, 0) is 63.3 Å². The molecular formula is C22H29N5O4. The minimum Gasteiger partial charge on any atom is -0.497 e. The van der Waals surface area contributed by atoms with Crippen molar-refractivity contribution in [1.29, 1.82) is 0 Å². The van der Waals surface area contributed by atoms with Crippen LogP contribution >= 0.6 is 0 Å². The van der Waals surface area contributed by atoms with Crippen molar-refractivity contribution in [2.45, 2.75) is 19.9 Å². The van der Waals surface area contributed by atoms with Crippen LogP contribution in [-0.4, -0.2) is 66.6 Å². The summed E-state index contributed by atoms with van der Waals surface area (Å²) in [7, 11) is 3.60. The summed E-state index contributed by atoms with van der Waals surface area (Å²) in [6, 6.07) is 9.56. The maximum atomic E-state index is 12.9. The number of urea groups is 1. The number of likely N-dealkylation sites (N-methyl/N-ethyl adjacent to an activating group) is 1. The Balaban J connectivity index is 1.68. The Hall–Kier alpha value is -3.33. The van der Waals surface area contributed by atoms with Crippen LogP contribution in [0.1, 0.15) is 12.1 Å². The second kappa shape index (κ2) is 10.1. The Morgan fingerprint density at radius 2 is 1.74 bits per heavy atom. The largest absolute Gasteiger partial charge is 0.497 e. The molecule has 2 N–H and O–H groups in total. The fourth-order valence-corrected chi connectivity index (χ4v) is 3.45. The third kappa shape index (κ3) is 5.85. The molecule has 2 heterocycles. The number of carbonyl (C=O) groups is 2. The van der Waals surface area contributed by atoms with Gasteiger partial charge in [-0.15, -0.1) is 0 Å². The van der Waals surface area contributed by atoms with Gasteiger partial charge in [0.25, 0.3) is 5.56 Å². The molecule has 9 heteroatoms. The predicted octanol–water partition coefficient (Wildman–Crippen LogP) is 1.97. The van der Waals surface area contributed by atoms with E-state index in [-0.39, 0.29) is 18.1 Å². The number of pyridine rings is 1. The van der Waals surface area contributed by atoms with Crippen molar-refractivity contribution in [2.24, 2.45) is 0 Å². The third-order valence-electron chi connectivity index (χ3n) is 5.35. The van der Waals surface area contributed by atoms with Crippen molar-refractivity contribution >= 4 is 23.3 Å². The normalized spacial score (nSPS) is 14.6. The number of ether oxygens (including phenoxy) is 1. The van der Waals surface area contributed by atoms with Gasteiger partial charge in [-0.1, -0.05) is 0 Å². The minimum absolute atomic E-state index is 0.0516. The Kier molecular flexibility index (Phi) is 7.30. The number of amides is 3. The average Bonchev–Trinajstić information content (AvgIpc) is 2.98. The van der Waals surface area contributed by atoms with Crippen molar-refractivity contribution in [1.82, 2.24) is 14.4 Å². The monoisotopic (exact) mass is 427 g/mol. The average molecular weight is 428 g/mol. The second-order valence-corrected chi connectivity index (χ2v) is 7.62. The first-order valence-electron chi connectivity index (χ1n) is 10.3. The summed E-state index contributed by atoms with van der Waals surface area (Å²) in [5.41, 5.74) is 0.920. The molecule has 0 aliphatic carbocycles. The van der Waals surface area contributed by atoms with E-state index in [0.717, 1.165) is 19.5 Å². The van der Waals surface area contributed by atoms with E-state index in [9.17, 15) is 14.4 Å². The van der Waals surface area contributed by atoms with Gasteiger partial charge >= 0.3 is 6.03 Å². The highest BCUT2D eigenvalue weighted by molar-refractivity contribution is 5.99. The van der Waals surface area contributed by atoms with Gasteiger partial charge in [0.05, 0.1) is 7.11 Å². The lowest BCUT2D eigenvalue weighted by molar-refractivity contribution is -0.131. The Morgan fingerprint density at radius 3 is 2.45 bits per heavy atom. The maximum Gasteiger partial charge on any atom is 0.323 e. The number of nitrogens with one attached hydrogen (secondary N) is 2. The standard InChI is InChI=1S/C22H29N5O4/c1-16-5-10-19(24-22(30)23-17-6-8-18(31-3)9-7-17)21(29)27(16)15-20(28)26-12-4-11-25(2)13-14-26/h5-10H,4,11-15H2,1-3H3,(H2,23,24,30). The number of carbonyl (C=O) groups excluding carboxylic acids is 2. The van der Waals surface area contributed by atoms with Crippen LogP contribution in [-0.2, 0) is 11.3 Å². The van der Waals surface area contributed by atoms with Crippen molar-refractivity contribution in [2.75, 3.05) is 51.0 Å². The molecule has 0 spiro atoms. The first-order valence-corrected chi connectivity index (χ1v) is 10.3. The first kappa shape index (κ1) is 22.4. The number of hydrogen-bond acceptors (Lipinski definition) is 5. The highest BCUT2D eigenvalue weighted by Crippen LogP contribution is 2.15. The Labute approximate surface area is 181 Å². The molecular weight excluding hydrogens is 398 g/mol. The van der Waals surface area contributed by atoms with Crippen LogP contribution < -0.4 is 20.9 Å². The number of aryl methyl sites for hydroxylation is 1. The lowest BCUT2D eigenvalue weighted by Gasteiger charge is -2.22. The quantitative estimate of drug-likeness (QED) is 0.761. The predicted molar refractivity (Wildman–Crippen MR) is 120 cm³/mol. The van der Waals surface area contributed by atoms with E-state index in [0.29, 0.717) is 30.2 Å². The Bertz CT molecular complexity index is 986. The van der Waals surface area contributed by atoms with Gasteiger partial charge in [0, 0.05) is 31.0 Å². The summed E-state index contributed by atoms with van der Waals surface area (Å²) in [5, 5.41) is 5.25. The van der Waals surface area contributed by atoms with Crippen LogP contribution in [0.4, 0.5) is 16.2 Å². The lowest BCUT2D eigenvalue weighted by Crippen LogP contribution is -2.39. The van der Waals surface area contributed by atoms with Crippen LogP contribution in [0.5, 0.6) is 5.75 Å². The highest BCUT2D eigenvalue weighted by Gasteiger charge is 2.19. The van der Waals surface area contributed by atoms with Gasteiger partial charge in [-0.2, -0.15) is 0 Å². The molecule has 31 heavy (non-hydrogen) atoms. The number of rotatable bonds is 5. The van der Waals surface area contributed by atoms with E-state index < -0.39 is 11.6 Å². The van der Waals surface area contributed by atoms with Crippen LogP contribution in [0.3, 0.4) is 0 Å². The topological polar surface area (TPSA) is 95.9 Å². The smallest absolute Gasteiger partial charge is 0.323 e. The molecule has 3 amide bonds. The number of nitrogens with zero attached hydrogens (tertiary/aromatic N) is 3. The molecule has 1 aliphatic rings. The molecule has 0 unspecified atom stereocenters. The molecule has 1 saturated heterocycles. The summed E-state index contributed by atoms with van der Waals surface area (Å²) in [5.74, 6) is 0.577. The van der Waals surface area contributed by atoms with Crippen molar-refractivity contribution in [3.8, 4) is 5.75 Å². The van der Waals surface area contributed by atoms with E-state index >= 15 is 0 Å². The molecule has 0 saturated carbocycles. The van der Waals surface area contributed by atoms with E-state index in [1.807, 2.05) is 7.05 Å². The zero-order valence-corrected chi connectivity index (χ0v) is 18.2. The minimum atomic E-state index is -0.542. The molecule has 166 valence electrons. The molecule has 9 nitrogen and oxygen atoms in total. The number of methoxy groups -OCH3 is 1. The molecule has 0 bridgehead atoms. The number of anilines is 2. The van der Waals surface area contributed by atoms with Gasteiger partial charge in [0.1, 0.15) is 18.0 Å². The molecule has 0 radical (unpaired) electrons. The fourth-order valence-electron chi connectivity index (χ4n) is 3.45. The Morgan fingerprint density at radius 1 is 1.00 bits per heavy atom. The fraction of sp³-hybridized carbons (Fsp3) is 0.409. The van der Waals surface area contributed by atoms with E-state index in [1.54, 1.807) is 55.3 Å². The van der Waals surface area contributed by atoms with E-state index in [4.69, 9.17) is 4.74 Å². The summed E-state index contributed by atoms with van der Waals surface area (Å²) in [4.78, 5) is 42.1. The molecule has 0 atom stereocenters. The van der Waals surface area contributed by atoms with E-state index in [1.165, 1.54) is 4.57 Å². The maximum absolute atomic E-state index is 12.9. The highest BCUT2D eigenvalue weighted by atomic mass is 16.5. The molecule has 1 aromatic heterocycles. The molecule has 3 rings (SSSR count). The second-order valence-electron chi connectivity index (χ2n) is 7.62. The molecule has 1 fully saturated rings. The summed E-state index contributed by atoms with van der Waals surface area (Å²) in [6.45, 7) is 4.80. The van der Waals surface area contributed by atoms with Crippen LogP contribution in [0.2, 0.25) is 0 Å². The van der Waals surface area contributed by atoms with Crippen LogP contribution in [0, 0.1) is 6.92 Å². The summed E-state index contributed by atoms with van der Waals surface area (Å²) >= 11 is 0.